The van der Waals surface area contributed by atoms with E-state index in [0.29, 0.717) is 17.4 Å². The molecule has 1 aromatic rings. The van der Waals surface area contributed by atoms with Crippen molar-refractivity contribution in [3.63, 3.8) is 0 Å². The second kappa shape index (κ2) is 7.15. The van der Waals surface area contributed by atoms with E-state index >= 15 is 0 Å². The van der Waals surface area contributed by atoms with Crippen LogP contribution >= 0.6 is 23.8 Å². The summed E-state index contributed by atoms with van der Waals surface area (Å²) in [5, 5.41) is 12.0. The minimum absolute atomic E-state index is 0.0865. The Morgan fingerprint density at radius 2 is 1.86 bits per heavy atom. The van der Waals surface area contributed by atoms with Gasteiger partial charge in [0, 0.05) is 17.3 Å². The molecule has 0 amide bonds. The molecule has 2 saturated carbocycles. The Balaban J connectivity index is 1.52. The number of halogens is 1. The van der Waals surface area contributed by atoms with Gasteiger partial charge in [-0.15, -0.1) is 0 Å². The molecule has 0 aromatic heterocycles. The van der Waals surface area contributed by atoms with E-state index in [1.807, 2.05) is 24.3 Å². The monoisotopic (exact) mass is 420 g/mol. The molecule has 28 heavy (non-hydrogen) atoms. The zero-order chi connectivity index (χ0) is 19.4. The van der Waals surface area contributed by atoms with Crippen molar-refractivity contribution in [1.29, 1.82) is 0 Å². The van der Waals surface area contributed by atoms with Crippen LogP contribution in [-0.2, 0) is 9.53 Å². The fourth-order valence-corrected chi connectivity index (χ4v) is 6.17. The quantitative estimate of drug-likeness (QED) is 0.597. The van der Waals surface area contributed by atoms with Gasteiger partial charge in [0.25, 0.3) is 0 Å². The molecule has 5 aliphatic rings. The number of nitrogens with zero attached hydrogens (tertiary/aromatic N) is 2. The van der Waals surface area contributed by atoms with Crippen LogP contribution in [0, 0.1) is 11.8 Å². The molecule has 5 atom stereocenters. The number of aliphatic hydroxyl groups is 1. The van der Waals surface area contributed by atoms with E-state index in [9.17, 15) is 9.90 Å². The predicted octanol–water partition coefficient (Wildman–Crippen LogP) is 3.37. The molecule has 1 aromatic carbocycles. The highest BCUT2D eigenvalue weighted by molar-refractivity contribution is 7.80. The summed E-state index contributed by atoms with van der Waals surface area (Å²) in [5.74, 6) is 0.0265. The molecule has 5 nitrogen and oxygen atoms in total. The van der Waals surface area contributed by atoms with Gasteiger partial charge in [-0.05, 0) is 61.7 Å². The van der Waals surface area contributed by atoms with Crippen molar-refractivity contribution < 1.29 is 14.6 Å². The lowest BCUT2D eigenvalue weighted by Crippen LogP contribution is -2.66. The topological polar surface area (TPSA) is 53.0 Å². The number of carbonyl (C=O) groups excluding carboxylic acids is 1. The highest BCUT2D eigenvalue weighted by atomic mass is 35.5. The van der Waals surface area contributed by atoms with Crippen LogP contribution in [0.5, 0.6) is 0 Å². The van der Waals surface area contributed by atoms with Crippen LogP contribution in [0.2, 0.25) is 5.02 Å². The van der Waals surface area contributed by atoms with Crippen LogP contribution in [0.4, 0.5) is 5.69 Å². The zero-order valence-corrected chi connectivity index (χ0v) is 17.2. The molecule has 0 unspecified atom stereocenters. The SMILES string of the molecule is O=C1O[C@@H]2[C@H]3[C@@H]([C@@H]1C[C@H]2O)N(c1ccc(Cl)cc1)C(=S)N3CC1CCCCC1. The van der Waals surface area contributed by atoms with E-state index in [1.54, 1.807) is 0 Å². The van der Waals surface area contributed by atoms with Crippen molar-refractivity contribution in [2.45, 2.75) is 62.8 Å². The first-order valence-electron chi connectivity index (χ1n) is 10.3. The summed E-state index contributed by atoms with van der Waals surface area (Å²) in [4.78, 5) is 16.9. The van der Waals surface area contributed by atoms with Gasteiger partial charge < -0.3 is 19.6 Å². The van der Waals surface area contributed by atoms with Crippen molar-refractivity contribution in [2.24, 2.45) is 11.8 Å². The van der Waals surface area contributed by atoms with Gasteiger partial charge in [-0.1, -0.05) is 30.9 Å². The average Bonchev–Trinajstić information content (AvgIpc) is 2.98. The second-order valence-corrected chi connectivity index (χ2v) is 9.38. The van der Waals surface area contributed by atoms with Crippen LogP contribution in [0.1, 0.15) is 38.5 Å². The minimum atomic E-state index is -0.620. The Bertz CT molecular complexity index is 782. The molecular formula is C21H25ClN2O3S. The lowest BCUT2D eigenvalue weighted by atomic mass is 9.74. The summed E-state index contributed by atoms with van der Waals surface area (Å²) in [6, 6.07) is 7.45. The fourth-order valence-electron chi connectivity index (χ4n) is 5.62. The Morgan fingerprint density at radius 3 is 2.57 bits per heavy atom. The van der Waals surface area contributed by atoms with E-state index < -0.39 is 12.2 Å². The maximum atomic E-state index is 12.5. The van der Waals surface area contributed by atoms with Crippen LogP contribution in [0.15, 0.2) is 24.3 Å². The predicted molar refractivity (Wildman–Crippen MR) is 111 cm³/mol. The molecule has 1 N–H and O–H groups in total. The Morgan fingerprint density at radius 1 is 1.14 bits per heavy atom. The fraction of sp³-hybridized carbons (Fsp3) is 0.619. The maximum Gasteiger partial charge on any atom is 0.311 e. The number of hydrogen-bond donors (Lipinski definition) is 1. The van der Waals surface area contributed by atoms with Crippen LogP contribution in [-0.4, -0.2) is 51.9 Å². The molecule has 0 spiro atoms. The van der Waals surface area contributed by atoms with Gasteiger partial charge in [-0.25, -0.2) is 0 Å². The van der Waals surface area contributed by atoms with Crippen LogP contribution in [0.3, 0.4) is 0 Å². The van der Waals surface area contributed by atoms with Crippen molar-refractivity contribution >= 4 is 40.6 Å². The number of aliphatic hydroxyl groups excluding tert-OH is 1. The molecule has 3 heterocycles. The lowest BCUT2D eigenvalue weighted by molar-refractivity contribution is -0.194. The van der Waals surface area contributed by atoms with Gasteiger partial charge in [0.15, 0.2) is 5.11 Å². The molecule has 5 fully saturated rings. The highest BCUT2D eigenvalue weighted by Gasteiger charge is 2.63. The first-order valence-corrected chi connectivity index (χ1v) is 11.1. The minimum Gasteiger partial charge on any atom is -0.457 e. The molecule has 2 bridgehead atoms. The smallest absolute Gasteiger partial charge is 0.311 e. The van der Waals surface area contributed by atoms with E-state index in [-0.39, 0.29) is 24.0 Å². The molecule has 0 radical (unpaired) electrons. The molecule has 7 heteroatoms. The van der Waals surface area contributed by atoms with Crippen molar-refractivity contribution in [3.05, 3.63) is 29.3 Å². The van der Waals surface area contributed by atoms with E-state index in [2.05, 4.69) is 9.80 Å². The second-order valence-electron chi connectivity index (χ2n) is 8.58. The summed E-state index contributed by atoms with van der Waals surface area (Å²) >= 11 is 12.0. The third kappa shape index (κ3) is 2.92. The van der Waals surface area contributed by atoms with Crippen LogP contribution in [0.25, 0.3) is 0 Å². The maximum absolute atomic E-state index is 12.5. The molecule has 6 rings (SSSR count). The van der Waals surface area contributed by atoms with Crippen molar-refractivity contribution in [2.75, 3.05) is 11.4 Å². The molecular weight excluding hydrogens is 396 g/mol. The average molecular weight is 421 g/mol. The number of thiocarbonyl (C=S) groups is 1. The number of rotatable bonds is 3. The number of carbonyl (C=O) groups is 1. The standard InChI is InChI=1S/C21H25ClN2O3S/c22-13-6-8-14(9-7-13)24-17-15-10-16(25)19(27-20(15)26)18(17)23(21(24)28)11-12-4-2-1-3-5-12/h6-9,12,15-19,25H,1-5,10-11H2/t15-,16+,17+,18+,19-/m0/s1. The van der Waals surface area contributed by atoms with E-state index in [1.165, 1.54) is 32.1 Å². The lowest BCUT2D eigenvalue weighted by Gasteiger charge is -2.49. The summed E-state index contributed by atoms with van der Waals surface area (Å²) in [5.41, 5.74) is 0.949. The molecule has 3 saturated heterocycles. The zero-order valence-electron chi connectivity index (χ0n) is 15.7. The Hall–Kier alpha value is -1.37. The van der Waals surface area contributed by atoms with Gasteiger partial charge in [0.05, 0.1) is 24.1 Å². The number of esters is 1. The van der Waals surface area contributed by atoms with Gasteiger partial charge in [-0.3, -0.25) is 4.79 Å². The number of anilines is 1. The van der Waals surface area contributed by atoms with Gasteiger partial charge in [0.1, 0.15) is 6.10 Å². The van der Waals surface area contributed by atoms with Gasteiger partial charge in [0.2, 0.25) is 0 Å². The number of ether oxygens (including phenoxy) is 1. The summed E-state index contributed by atoms with van der Waals surface area (Å²) < 4.78 is 5.64. The van der Waals surface area contributed by atoms with Gasteiger partial charge in [-0.2, -0.15) is 0 Å². The largest absolute Gasteiger partial charge is 0.457 e. The first kappa shape index (κ1) is 18.6. The third-order valence-corrected chi connectivity index (χ3v) is 7.61. The highest BCUT2D eigenvalue weighted by Crippen LogP contribution is 2.46. The van der Waals surface area contributed by atoms with Gasteiger partial charge >= 0.3 is 5.97 Å². The third-order valence-electron chi connectivity index (χ3n) is 6.92. The number of benzene rings is 1. The molecule has 2 aliphatic carbocycles. The molecule has 150 valence electrons. The normalized spacial score (nSPS) is 35.3. The van der Waals surface area contributed by atoms with E-state index in [4.69, 9.17) is 28.6 Å². The number of hydrogen-bond acceptors (Lipinski definition) is 4. The molecule has 3 aliphatic heterocycles. The van der Waals surface area contributed by atoms with E-state index in [0.717, 1.165) is 17.3 Å². The Labute approximate surface area is 175 Å². The summed E-state index contributed by atoms with van der Waals surface area (Å²) in [6.07, 6.45) is 5.59. The first-order chi connectivity index (χ1) is 13.5. The summed E-state index contributed by atoms with van der Waals surface area (Å²) in [6.45, 7) is 0.873. The summed E-state index contributed by atoms with van der Waals surface area (Å²) in [7, 11) is 0. The number of fused-ring (bicyclic) bond motifs is 2. The Kier molecular flexibility index (Phi) is 4.76. The van der Waals surface area contributed by atoms with Crippen molar-refractivity contribution in [1.82, 2.24) is 4.90 Å². The van der Waals surface area contributed by atoms with Crippen molar-refractivity contribution in [3.8, 4) is 0 Å². The van der Waals surface area contributed by atoms with Crippen LogP contribution < -0.4 is 4.90 Å².